The van der Waals surface area contributed by atoms with Crippen LogP contribution in [0.4, 0.5) is 0 Å². The van der Waals surface area contributed by atoms with Gasteiger partial charge in [-0.2, -0.15) is 4.31 Å². The van der Waals surface area contributed by atoms with Crippen molar-refractivity contribution < 1.29 is 27.5 Å². The fraction of sp³-hybridized carbons (Fsp3) is 0.444. The molecule has 27 heavy (non-hydrogen) atoms. The Labute approximate surface area is 158 Å². The van der Waals surface area contributed by atoms with Crippen molar-refractivity contribution in [1.29, 1.82) is 0 Å². The van der Waals surface area contributed by atoms with Crippen LogP contribution >= 0.6 is 0 Å². The number of piperazine rings is 1. The molecule has 1 saturated heterocycles. The quantitative estimate of drug-likeness (QED) is 0.665. The van der Waals surface area contributed by atoms with Crippen molar-refractivity contribution in [2.75, 3.05) is 39.2 Å². The third-order valence-corrected chi connectivity index (χ3v) is 5.81. The number of hydrogen-bond donors (Lipinski definition) is 0. The van der Waals surface area contributed by atoms with Gasteiger partial charge in [0.25, 0.3) is 0 Å². The average molecular weight is 394 g/mol. The molecular weight excluding hydrogens is 372 g/mol. The van der Waals surface area contributed by atoms with Crippen molar-refractivity contribution in [3.8, 4) is 11.5 Å². The number of sulfonamides is 1. The summed E-state index contributed by atoms with van der Waals surface area (Å²) in [7, 11) is -3.22. The van der Waals surface area contributed by atoms with Gasteiger partial charge in [-0.05, 0) is 23.8 Å². The van der Waals surface area contributed by atoms with Crippen molar-refractivity contribution in [2.45, 2.75) is 12.8 Å². The van der Waals surface area contributed by atoms with Gasteiger partial charge in [0.2, 0.25) is 22.7 Å². The van der Waals surface area contributed by atoms with Crippen molar-refractivity contribution in [1.82, 2.24) is 9.21 Å². The van der Waals surface area contributed by atoms with Gasteiger partial charge in [0, 0.05) is 39.0 Å². The van der Waals surface area contributed by atoms with Crippen LogP contribution in [0.2, 0.25) is 0 Å². The molecule has 3 rings (SSSR count). The van der Waals surface area contributed by atoms with Gasteiger partial charge in [-0.25, -0.2) is 8.42 Å². The number of benzene rings is 1. The second-order valence-corrected chi connectivity index (χ2v) is 8.44. The summed E-state index contributed by atoms with van der Waals surface area (Å²) in [5.41, 5.74) is 0.816. The topological polar surface area (TPSA) is 93.2 Å². The lowest BCUT2D eigenvalue weighted by Crippen LogP contribution is -2.50. The number of ether oxygens (including phenoxy) is 2. The number of ketones is 1. The predicted octanol–water partition coefficient (Wildman–Crippen LogP) is 0.882. The summed E-state index contributed by atoms with van der Waals surface area (Å²) >= 11 is 0. The van der Waals surface area contributed by atoms with E-state index in [0.717, 1.165) is 11.8 Å². The molecule has 2 aliphatic heterocycles. The molecule has 2 heterocycles. The van der Waals surface area contributed by atoms with Gasteiger partial charge in [-0.1, -0.05) is 12.1 Å². The lowest BCUT2D eigenvalue weighted by Gasteiger charge is -2.33. The van der Waals surface area contributed by atoms with Crippen LogP contribution in [0.1, 0.15) is 18.4 Å². The number of rotatable bonds is 6. The van der Waals surface area contributed by atoms with Crippen molar-refractivity contribution in [2.24, 2.45) is 0 Å². The molecule has 1 fully saturated rings. The highest BCUT2D eigenvalue weighted by Gasteiger charge is 2.25. The van der Waals surface area contributed by atoms with E-state index in [1.165, 1.54) is 10.4 Å². The smallest absolute Gasteiger partial charge is 0.231 e. The molecule has 1 amide bonds. The first kappa shape index (κ1) is 19.4. The maximum Gasteiger partial charge on any atom is 0.231 e. The minimum Gasteiger partial charge on any atom is -0.454 e. The molecule has 0 saturated carbocycles. The van der Waals surface area contributed by atoms with Crippen molar-refractivity contribution in [3.63, 3.8) is 0 Å². The molecule has 1 aromatic carbocycles. The first-order valence-electron chi connectivity index (χ1n) is 8.66. The molecule has 0 radical (unpaired) electrons. The minimum atomic E-state index is -3.22. The van der Waals surface area contributed by atoms with Gasteiger partial charge < -0.3 is 14.4 Å². The van der Waals surface area contributed by atoms with E-state index in [2.05, 4.69) is 0 Å². The Kier molecular flexibility index (Phi) is 5.81. The SMILES string of the molecule is CS(=O)(=O)N1CCN(C(=O)CCC(=O)/C=C/c2ccc3c(c2)OCO3)CC1. The zero-order valence-corrected chi connectivity index (χ0v) is 15.9. The zero-order chi connectivity index (χ0) is 19.4. The number of hydrogen-bond acceptors (Lipinski definition) is 6. The number of amides is 1. The Morgan fingerprint density at radius 2 is 1.78 bits per heavy atom. The van der Waals surface area contributed by atoms with Gasteiger partial charge in [0.1, 0.15) is 0 Å². The van der Waals surface area contributed by atoms with Gasteiger partial charge in [-0.3, -0.25) is 9.59 Å². The Morgan fingerprint density at radius 3 is 2.48 bits per heavy atom. The van der Waals surface area contributed by atoms with E-state index in [0.29, 0.717) is 37.7 Å². The van der Waals surface area contributed by atoms with E-state index in [9.17, 15) is 18.0 Å². The molecule has 9 heteroatoms. The first-order chi connectivity index (χ1) is 12.8. The fourth-order valence-corrected chi connectivity index (χ4v) is 3.77. The van der Waals surface area contributed by atoms with Crippen LogP contribution in [0.5, 0.6) is 11.5 Å². The fourth-order valence-electron chi connectivity index (χ4n) is 2.95. The number of carbonyl (C=O) groups is 2. The summed E-state index contributed by atoms with van der Waals surface area (Å²) < 4.78 is 34.8. The molecular formula is C18H22N2O6S. The summed E-state index contributed by atoms with van der Waals surface area (Å²) in [6.07, 6.45) is 4.52. The third kappa shape index (κ3) is 5.08. The van der Waals surface area contributed by atoms with Crippen LogP contribution in [0, 0.1) is 0 Å². The molecule has 0 aromatic heterocycles. The average Bonchev–Trinajstić information content (AvgIpc) is 3.11. The van der Waals surface area contributed by atoms with Crippen LogP contribution in [-0.4, -0.2) is 68.5 Å². The van der Waals surface area contributed by atoms with E-state index in [1.807, 2.05) is 6.07 Å². The lowest BCUT2D eigenvalue weighted by atomic mass is 10.1. The third-order valence-electron chi connectivity index (χ3n) is 4.50. The molecule has 1 aromatic rings. The van der Waals surface area contributed by atoms with Crippen LogP contribution in [0.3, 0.4) is 0 Å². The normalized spacial score (nSPS) is 17.4. The molecule has 0 unspecified atom stereocenters. The Morgan fingerprint density at radius 1 is 1.07 bits per heavy atom. The lowest BCUT2D eigenvalue weighted by molar-refractivity contribution is -0.133. The van der Waals surface area contributed by atoms with E-state index in [4.69, 9.17) is 9.47 Å². The molecule has 0 aliphatic carbocycles. The van der Waals surface area contributed by atoms with Crippen molar-refractivity contribution >= 4 is 27.8 Å². The molecule has 2 aliphatic rings. The van der Waals surface area contributed by atoms with Crippen LogP contribution in [-0.2, 0) is 19.6 Å². The molecule has 8 nitrogen and oxygen atoms in total. The van der Waals surface area contributed by atoms with Gasteiger partial charge in [-0.15, -0.1) is 0 Å². The van der Waals surface area contributed by atoms with Crippen molar-refractivity contribution in [3.05, 3.63) is 29.8 Å². The maximum absolute atomic E-state index is 12.2. The molecule has 0 bridgehead atoms. The maximum atomic E-state index is 12.2. The number of nitrogens with zero attached hydrogens (tertiary/aromatic N) is 2. The Hall–Kier alpha value is -2.39. The number of allylic oxidation sites excluding steroid dienone is 1. The molecule has 0 atom stereocenters. The number of carbonyl (C=O) groups excluding carboxylic acids is 2. The highest BCUT2D eigenvalue weighted by molar-refractivity contribution is 7.88. The van der Waals surface area contributed by atoms with E-state index in [1.54, 1.807) is 23.1 Å². The first-order valence-corrected chi connectivity index (χ1v) is 10.5. The van der Waals surface area contributed by atoms with Gasteiger partial charge in [0.15, 0.2) is 17.3 Å². The summed E-state index contributed by atoms with van der Waals surface area (Å²) in [6.45, 7) is 1.49. The molecule has 0 spiro atoms. The second-order valence-electron chi connectivity index (χ2n) is 6.46. The minimum absolute atomic E-state index is 0.114. The summed E-state index contributed by atoms with van der Waals surface area (Å²) in [6, 6.07) is 5.40. The zero-order valence-electron chi connectivity index (χ0n) is 15.1. The Balaban J connectivity index is 1.44. The largest absolute Gasteiger partial charge is 0.454 e. The second kappa shape index (κ2) is 8.10. The standard InChI is InChI=1S/C18H22N2O6S/c1-27(23,24)20-10-8-19(9-11-20)18(22)7-5-15(21)4-2-14-3-6-16-17(12-14)26-13-25-16/h2-4,6,12H,5,7-11,13H2,1H3/b4-2+. The van der Waals surface area contributed by atoms with Crippen LogP contribution in [0.25, 0.3) is 6.08 Å². The van der Waals surface area contributed by atoms with Crippen LogP contribution < -0.4 is 9.47 Å². The monoisotopic (exact) mass is 394 g/mol. The summed E-state index contributed by atoms with van der Waals surface area (Å²) in [5.74, 6) is 1.05. The van der Waals surface area contributed by atoms with E-state index in [-0.39, 0.29) is 31.3 Å². The number of fused-ring (bicyclic) bond motifs is 1. The van der Waals surface area contributed by atoms with Gasteiger partial charge >= 0.3 is 0 Å². The van der Waals surface area contributed by atoms with Crippen LogP contribution in [0.15, 0.2) is 24.3 Å². The van der Waals surface area contributed by atoms with E-state index < -0.39 is 10.0 Å². The molecule has 0 N–H and O–H groups in total. The van der Waals surface area contributed by atoms with Gasteiger partial charge in [0.05, 0.1) is 6.26 Å². The highest BCUT2D eigenvalue weighted by atomic mass is 32.2. The highest BCUT2D eigenvalue weighted by Crippen LogP contribution is 2.32. The summed E-state index contributed by atoms with van der Waals surface area (Å²) in [5, 5.41) is 0. The van der Waals surface area contributed by atoms with E-state index >= 15 is 0 Å². The Bertz CT molecular complexity index is 857. The summed E-state index contributed by atoms with van der Waals surface area (Å²) in [4.78, 5) is 25.8. The molecule has 146 valence electrons. The predicted molar refractivity (Wildman–Crippen MR) is 98.8 cm³/mol.